The van der Waals surface area contributed by atoms with Gasteiger partial charge in [0.25, 0.3) is 0 Å². The lowest BCUT2D eigenvalue weighted by Crippen LogP contribution is -2.12. The zero-order valence-electron chi connectivity index (χ0n) is 12.9. The summed E-state index contributed by atoms with van der Waals surface area (Å²) < 4.78 is 0. The minimum absolute atomic E-state index is 0.295. The van der Waals surface area contributed by atoms with Crippen molar-refractivity contribution >= 4 is 11.6 Å². The van der Waals surface area contributed by atoms with E-state index in [9.17, 15) is 0 Å². The van der Waals surface area contributed by atoms with E-state index in [-0.39, 0.29) is 0 Å². The molecule has 0 fully saturated rings. The molecule has 0 spiro atoms. The molecule has 1 heterocycles. The number of nitrogens with zero attached hydrogens (tertiary/aromatic N) is 2. The summed E-state index contributed by atoms with van der Waals surface area (Å²) in [5, 5.41) is 15.5. The second-order valence-corrected chi connectivity index (χ2v) is 5.23. The molecule has 1 aromatic rings. The lowest BCUT2D eigenvalue weighted by molar-refractivity contribution is 0.283. The van der Waals surface area contributed by atoms with Crippen molar-refractivity contribution in [3.63, 3.8) is 0 Å². The van der Waals surface area contributed by atoms with E-state index >= 15 is 0 Å². The van der Waals surface area contributed by atoms with Gasteiger partial charge in [0.1, 0.15) is 18.0 Å². The van der Waals surface area contributed by atoms with Crippen LogP contribution in [0.25, 0.3) is 0 Å². The number of hydrogen-bond acceptors (Lipinski definition) is 5. The fraction of sp³-hybridized carbons (Fsp3) is 0.733. The largest absolute Gasteiger partial charge is 0.396 e. The lowest BCUT2D eigenvalue weighted by atomic mass is 10.0. The summed E-state index contributed by atoms with van der Waals surface area (Å²) in [6.45, 7) is 8.45. The van der Waals surface area contributed by atoms with Crippen molar-refractivity contribution in [1.29, 1.82) is 0 Å². The minimum Gasteiger partial charge on any atom is -0.396 e. The molecule has 0 amide bonds. The van der Waals surface area contributed by atoms with Gasteiger partial charge in [0.2, 0.25) is 0 Å². The molecule has 0 aliphatic heterocycles. The van der Waals surface area contributed by atoms with Gasteiger partial charge in [0, 0.05) is 25.3 Å². The number of rotatable bonds is 10. The normalized spacial score (nSPS) is 10.8. The number of nitrogens with one attached hydrogen (secondary N) is 2. The molecular formula is C15H28N4O. The molecule has 0 aliphatic carbocycles. The molecule has 0 radical (unpaired) electrons. The van der Waals surface area contributed by atoms with Gasteiger partial charge in [-0.3, -0.25) is 0 Å². The highest BCUT2D eigenvalue weighted by molar-refractivity contribution is 5.58. The molecule has 3 N–H and O–H groups in total. The molecule has 0 atom stereocenters. The Hall–Kier alpha value is -1.36. The Kier molecular flexibility index (Phi) is 7.95. The first-order valence-electron chi connectivity index (χ1n) is 7.64. The summed E-state index contributed by atoms with van der Waals surface area (Å²) in [6, 6.07) is 0. The van der Waals surface area contributed by atoms with Gasteiger partial charge >= 0.3 is 0 Å². The van der Waals surface area contributed by atoms with Crippen LogP contribution in [0.1, 0.15) is 57.9 Å². The average molecular weight is 280 g/mol. The summed E-state index contributed by atoms with van der Waals surface area (Å²) in [5.74, 6) is 2.25. The van der Waals surface area contributed by atoms with Crippen LogP contribution in [0.15, 0.2) is 6.33 Å². The summed E-state index contributed by atoms with van der Waals surface area (Å²) >= 11 is 0. The van der Waals surface area contributed by atoms with Crippen molar-refractivity contribution in [2.75, 3.05) is 30.3 Å². The van der Waals surface area contributed by atoms with Crippen LogP contribution in [0.4, 0.5) is 11.6 Å². The minimum atomic E-state index is 0.295. The number of aromatic nitrogens is 2. The van der Waals surface area contributed by atoms with Crippen molar-refractivity contribution in [3.8, 4) is 0 Å². The second-order valence-electron chi connectivity index (χ2n) is 5.23. The van der Waals surface area contributed by atoms with E-state index < -0.39 is 0 Å². The van der Waals surface area contributed by atoms with Gasteiger partial charge < -0.3 is 15.7 Å². The highest BCUT2D eigenvalue weighted by atomic mass is 16.2. The van der Waals surface area contributed by atoms with Crippen LogP contribution in [0, 0.1) is 0 Å². The maximum Gasteiger partial charge on any atom is 0.134 e. The Bertz CT molecular complexity index is 382. The fourth-order valence-electron chi connectivity index (χ4n) is 2.19. The van der Waals surface area contributed by atoms with E-state index in [0.717, 1.165) is 56.0 Å². The van der Waals surface area contributed by atoms with Gasteiger partial charge in [-0.15, -0.1) is 0 Å². The number of unbranched alkanes of at least 4 members (excludes halogenated alkanes) is 3. The van der Waals surface area contributed by atoms with E-state index in [1.807, 2.05) is 0 Å². The van der Waals surface area contributed by atoms with Crippen molar-refractivity contribution < 1.29 is 5.11 Å². The molecule has 0 bridgehead atoms. The molecule has 0 aromatic carbocycles. The molecule has 1 rings (SSSR count). The molecule has 20 heavy (non-hydrogen) atoms. The van der Waals surface area contributed by atoms with Gasteiger partial charge in [-0.25, -0.2) is 9.97 Å². The summed E-state index contributed by atoms with van der Waals surface area (Å²) in [6.07, 6.45) is 5.82. The zero-order valence-corrected chi connectivity index (χ0v) is 12.9. The highest BCUT2D eigenvalue weighted by Gasteiger charge is 2.13. The number of aliphatic hydroxyl groups excluding tert-OH is 1. The van der Waals surface area contributed by atoms with Crippen LogP contribution in [0.5, 0.6) is 0 Å². The summed E-state index contributed by atoms with van der Waals surface area (Å²) in [4.78, 5) is 8.70. The van der Waals surface area contributed by atoms with Crippen LogP contribution in [0.2, 0.25) is 0 Å². The van der Waals surface area contributed by atoms with Gasteiger partial charge in [0.15, 0.2) is 0 Å². The van der Waals surface area contributed by atoms with E-state index in [1.165, 1.54) is 0 Å². The average Bonchev–Trinajstić information content (AvgIpc) is 2.43. The first-order chi connectivity index (χ1) is 9.70. The molecule has 114 valence electrons. The van der Waals surface area contributed by atoms with E-state index in [4.69, 9.17) is 5.11 Å². The molecule has 0 saturated heterocycles. The molecule has 5 heteroatoms. The van der Waals surface area contributed by atoms with E-state index in [1.54, 1.807) is 6.33 Å². The van der Waals surface area contributed by atoms with Gasteiger partial charge in [-0.2, -0.15) is 0 Å². The number of hydrogen-bond donors (Lipinski definition) is 3. The summed E-state index contributed by atoms with van der Waals surface area (Å²) in [5.41, 5.74) is 1.16. The SMILES string of the molecule is CCNc1ncnc(NCCCCCCO)c1C(C)C. The third kappa shape index (κ3) is 5.33. The topological polar surface area (TPSA) is 70.1 Å². The zero-order chi connectivity index (χ0) is 14.8. The maximum atomic E-state index is 8.74. The Balaban J connectivity index is 2.57. The second kappa shape index (κ2) is 9.53. The van der Waals surface area contributed by atoms with E-state index in [2.05, 4.69) is 41.4 Å². The third-order valence-electron chi connectivity index (χ3n) is 3.18. The fourth-order valence-corrected chi connectivity index (χ4v) is 2.19. The Morgan fingerprint density at radius 2 is 1.70 bits per heavy atom. The van der Waals surface area contributed by atoms with Crippen LogP contribution in [-0.4, -0.2) is 34.8 Å². The Morgan fingerprint density at radius 1 is 1.05 bits per heavy atom. The van der Waals surface area contributed by atoms with Crippen LogP contribution >= 0.6 is 0 Å². The Labute approximate surface area is 122 Å². The predicted octanol–water partition coefficient (Wildman–Crippen LogP) is 3.00. The number of anilines is 2. The molecule has 0 saturated carbocycles. The third-order valence-corrected chi connectivity index (χ3v) is 3.18. The van der Waals surface area contributed by atoms with Crippen molar-refractivity contribution in [2.24, 2.45) is 0 Å². The van der Waals surface area contributed by atoms with E-state index in [0.29, 0.717) is 12.5 Å². The first kappa shape index (κ1) is 16.7. The van der Waals surface area contributed by atoms with Crippen LogP contribution in [-0.2, 0) is 0 Å². The van der Waals surface area contributed by atoms with Gasteiger partial charge in [-0.1, -0.05) is 26.7 Å². The summed E-state index contributed by atoms with van der Waals surface area (Å²) in [7, 11) is 0. The van der Waals surface area contributed by atoms with Crippen molar-refractivity contribution in [1.82, 2.24) is 9.97 Å². The molecule has 0 unspecified atom stereocenters. The molecular weight excluding hydrogens is 252 g/mol. The van der Waals surface area contributed by atoms with Gasteiger partial charge in [-0.05, 0) is 25.7 Å². The van der Waals surface area contributed by atoms with Gasteiger partial charge in [0.05, 0.1) is 0 Å². The molecule has 0 aliphatic rings. The monoisotopic (exact) mass is 280 g/mol. The maximum absolute atomic E-state index is 8.74. The standard InChI is InChI=1S/C15H28N4O/c1-4-16-14-13(12(2)3)15(19-11-18-14)17-9-7-5-6-8-10-20/h11-12,20H,4-10H2,1-3H3,(H2,16,17,18,19). The van der Waals surface area contributed by atoms with Crippen LogP contribution in [0.3, 0.4) is 0 Å². The molecule has 1 aromatic heterocycles. The van der Waals surface area contributed by atoms with Crippen molar-refractivity contribution in [2.45, 2.75) is 52.4 Å². The van der Waals surface area contributed by atoms with Crippen molar-refractivity contribution in [3.05, 3.63) is 11.9 Å². The molecule has 5 nitrogen and oxygen atoms in total. The number of aliphatic hydroxyl groups is 1. The quantitative estimate of drug-likeness (QED) is 0.575. The predicted molar refractivity (Wildman–Crippen MR) is 84.3 cm³/mol. The Morgan fingerprint density at radius 3 is 2.30 bits per heavy atom. The lowest BCUT2D eigenvalue weighted by Gasteiger charge is -2.17. The first-order valence-corrected chi connectivity index (χ1v) is 7.64. The highest BCUT2D eigenvalue weighted by Crippen LogP contribution is 2.28. The smallest absolute Gasteiger partial charge is 0.134 e. The van der Waals surface area contributed by atoms with Crippen LogP contribution < -0.4 is 10.6 Å².